The highest BCUT2D eigenvalue weighted by molar-refractivity contribution is 7.14. The molecule has 2 aromatic heterocycles. The van der Waals surface area contributed by atoms with E-state index in [0.717, 1.165) is 41.0 Å². The molecule has 0 unspecified atom stereocenters. The van der Waals surface area contributed by atoms with Crippen LogP contribution in [0.1, 0.15) is 45.4 Å². The van der Waals surface area contributed by atoms with Gasteiger partial charge in [-0.15, -0.1) is 22.7 Å². The average Bonchev–Trinajstić information content (AvgIpc) is 3.31. The van der Waals surface area contributed by atoms with Gasteiger partial charge in [0, 0.05) is 16.4 Å². The van der Waals surface area contributed by atoms with Crippen LogP contribution in [-0.4, -0.2) is 16.6 Å². The normalized spacial score (nSPS) is 10.9. The van der Waals surface area contributed by atoms with Gasteiger partial charge in [-0.3, -0.25) is 0 Å². The standard InChI is InChI=1S/C20H26N4OS2/c1-2-3-4-5-6-7-12-25-16-10-8-15(9-11-16)22-20-24-18(14-27-20)17-13-26-19(21)23-17/h8-11,13-14H,2-7,12H2,1H3,(H2,21,23)(H,22,24). The fraction of sp³-hybridized carbons (Fsp3) is 0.400. The van der Waals surface area contributed by atoms with Crippen LogP contribution in [0.15, 0.2) is 35.0 Å². The molecule has 1 aromatic carbocycles. The Morgan fingerprint density at radius 2 is 1.63 bits per heavy atom. The van der Waals surface area contributed by atoms with Gasteiger partial charge in [0.05, 0.1) is 6.61 Å². The first-order valence-corrected chi connectivity index (χ1v) is 11.2. The van der Waals surface area contributed by atoms with E-state index >= 15 is 0 Å². The quantitative estimate of drug-likeness (QED) is 0.367. The third-order valence-corrected chi connectivity index (χ3v) is 5.59. The van der Waals surface area contributed by atoms with Crippen LogP contribution in [0.4, 0.5) is 16.0 Å². The van der Waals surface area contributed by atoms with Gasteiger partial charge >= 0.3 is 0 Å². The molecule has 0 fully saturated rings. The zero-order chi connectivity index (χ0) is 18.9. The fourth-order valence-corrected chi connectivity index (χ4v) is 3.97. The Kier molecular flexibility index (Phi) is 7.47. The van der Waals surface area contributed by atoms with Crippen molar-refractivity contribution in [2.45, 2.75) is 45.4 Å². The largest absolute Gasteiger partial charge is 0.494 e. The zero-order valence-electron chi connectivity index (χ0n) is 15.6. The highest BCUT2D eigenvalue weighted by Crippen LogP contribution is 2.29. The topological polar surface area (TPSA) is 73.1 Å². The lowest BCUT2D eigenvalue weighted by atomic mass is 10.1. The number of anilines is 3. The first kappa shape index (κ1) is 19.6. The summed E-state index contributed by atoms with van der Waals surface area (Å²) in [6, 6.07) is 8.01. The summed E-state index contributed by atoms with van der Waals surface area (Å²) in [5.74, 6) is 0.909. The molecule has 144 valence electrons. The van der Waals surface area contributed by atoms with E-state index in [1.165, 1.54) is 43.4 Å². The van der Waals surface area contributed by atoms with Gasteiger partial charge in [-0.2, -0.15) is 0 Å². The molecule has 2 heterocycles. The van der Waals surface area contributed by atoms with Gasteiger partial charge in [0.2, 0.25) is 0 Å². The molecule has 5 nitrogen and oxygen atoms in total. The number of nitrogens with one attached hydrogen (secondary N) is 1. The Labute approximate surface area is 168 Å². The van der Waals surface area contributed by atoms with Crippen molar-refractivity contribution in [2.24, 2.45) is 0 Å². The molecule has 0 atom stereocenters. The zero-order valence-corrected chi connectivity index (χ0v) is 17.2. The van der Waals surface area contributed by atoms with Gasteiger partial charge in [0.15, 0.2) is 10.3 Å². The molecule has 0 aliphatic carbocycles. The Morgan fingerprint density at radius 1 is 0.926 bits per heavy atom. The number of rotatable bonds is 11. The Balaban J connectivity index is 1.43. The fourth-order valence-electron chi connectivity index (χ4n) is 2.68. The number of nitrogens with zero attached hydrogens (tertiary/aromatic N) is 2. The molecule has 0 saturated heterocycles. The summed E-state index contributed by atoms with van der Waals surface area (Å²) >= 11 is 2.97. The van der Waals surface area contributed by atoms with Crippen LogP contribution in [0.3, 0.4) is 0 Å². The molecular formula is C20H26N4OS2. The van der Waals surface area contributed by atoms with Gasteiger partial charge < -0.3 is 15.8 Å². The summed E-state index contributed by atoms with van der Waals surface area (Å²) in [4.78, 5) is 8.83. The molecule has 7 heteroatoms. The number of benzene rings is 1. The van der Waals surface area contributed by atoms with Crippen molar-refractivity contribution in [3.8, 4) is 17.1 Å². The average molecular weight is 403 g/mol. The smallest absolute Gasteiger partial charge is 0.187 e. The lowest BCUT2D eigenvalue weighted by Crippen LogP contribution is -1.97. The summed E-state index contributed by atoms with van der Waals surface area (Å²) in [6.45, 7) is 3.03. The van der Waals surface area contributed by atoms with Crippen molar-refractivity contribution < 1.29 is 4.74 Å². The van der Waals surface area contributed by atoms with E-state index < -0.39 is 0 Å². The van der Waals surface area contributed by atoms with Crippen LogP contribution in [-0.2, 0) is 0 Å². The second-order valence-electron chi connectivity index (χ2n) is 6.37. The maximum atomic E-state index is 5.82. The minimum Gasteiger partial charge on any atom is -0.494 e. The number of unbranched alkanes of at least 4 members (excludes halogenated alkanes) is 5. The summed E-state index contributed by atoms with van der Waals surface area (Å²) in [5, 5.41) is 8.61. The minimum absolute atomic E-state index is 0.559. The molecule has 0 saturated carbocycles. The highest BCUT2D eigenvalue weighted by Gasteiger charge is 2.08. The first-order valence-electron chi connectivity index (χ1n) is 9.41. The van der Waals surface area contributed by atoms with Crippen LogP contribution in [0.25, 0.3) is 11.4 Å². The van der Waals surface area contributed by atoms with Gasteiger partial charge in [-0.05, 0) is 30.7 Å². The molecule has 27 heavy (non-hydrogen) atoms. The molecule has 0 aliphatic rings. The van der Waals surface area contributed by atoms with Gasteiger partial charge in [0.1, 0.15) is 17.1 Å². The van der Waals surface area contributed by atoms with E-state index in [-0.39, 0.29) is 0 Å². The van der Waals surface area contributed by atoms with Crippen LogP contribution in [0.5, 0.6) is 5.75 Å². The van der Waals surface area contributed by atoms with Crippen molar-refractivity contribution in [3.63, 3.8) is 0 Å². The Hall–Kier alpha value is -2.12. The SMILES string of the molecule is CCCCCCCCOc1ccc(Nc2nc(-c3csc(N)n3)cs2)cc1. The van der Waals surface area contributed by atoms with Crippen molar-refractivity contribution >= 4 is 38.6 Å². The molecule has 0 radical (unpaired) electrons. The number of nitrogens with two attached hydrogens (primary N) is 1. The summed E-state index contributed by atoms with van der Waals surface area (Å²) in [6.07, 6.45) is 7.64. The monoisotopic (exact) mass is 402 g/mol. The summed E-state index contributed by atoms with van der Waals surface area (Å²) in [5.41, 5.74) is 8.34. The number of aromatic nitrogens is 2. The number of nitrogen functional groups attached to an aromatic ring is 1. The maximum absolute atomic E-state index is 5.82. The molecule has 3 rings (SSSR count). The molecule has 0 bridgehead atoms. The van der Waals surface area contributed by atoms with E-state index in [2.05, 4.69) is 22.2 Å². The predicted molar refractivity (Wildman–Crippen MR) is 116 cm³/mol. The van der Waals surface area contributed by atoms with Crippen molar-refractivity contribution in [1.29, 1.82) is 0 Å². The number of hydrogen-bond donors (Lipinski definition) is 2. The summed E-state index contributed by atoms with van der Waals surface area (Å²) in [7, 11) is 0. The predicted octanol–water partition coefficient (Wildman–Crippen LogP) is 6.33. The van der Waals surface area contributed by atoms with Crippen molar-refractivity contribution in [2.75, 3.05) is 17.7 Å². The van der Waals surface area contributed by atoms with Crippen LogP contribution < -0.4 is 15.8 Å². The van der Waals surface area contributed by atoms with Crippen LogP contribution >= 0.6 is 22.7 Å². The van der Waals surface area contributed by atoms with Gasteiger partial charge in [0.25, 0.3) is 0 Å². The number of ether oxygens (including phenoxy) is 1. The van der Waals surface area contributed by atoms with E-state index in [1.54, 1.807) is 11.3 Å². The van der Waals surface area contributed by atoms with Crippen LogP contribution in [0.2, 0.25) is 0 Å². The van der Waals surface area contributed by atoms with Crippen LogP contribution in [0, 0.1) is 0 Å². The first-order chi connectivity index (χ1) is 13.2. The molecule has 0 aliphatic heterocycles. The second-order valence-corrected chi connectivity index (χ2v) is 8.12. The third-order valence-electron chi connectivity index (χ3n) is 4.16. The van der Waals surface area contributed by atoms with E-state index in [0.29, 0.717) is 5.13 Å². The number of hydrogen-bond acceptors (Lipinski definition) is 7. The molecule has 3 N–H and O–H groups in total. The maximum Gasteiger partial charge on any atom is 0.187 e. The van der Waals surface area contributed by atoms with Crippen molar-refractivity contribution in [3.05, 3.63) is 35.0 Å². The minimum atomic E-state index is 0.559. The molecule has 3 aromatic rings. The Bertz CT molecular complexity index is 814. The molecule has 0 amide bonds. The lowest BCUT2D eigenvalue weighted by molar-refractivity contribution is 0.304. The molecule has 0 spiro atoms. The highest BCUT2D eigenvalue weighted by atomic mass is 32.1. The van der Waals surface area contributed by atoms with Gasteiger partial charge in [-0.1, -0.05) is 39.0 Å². The number of thiazole rings is 2. The van der Waals surface area contributed by atoms with E-state index in [4.69, 9.17) is 10.5 Å². The van der Waals surface area contributed by atoms with E-state index in [9.17, 15) is 0 Å². The lowest BCUT2D eigenvalue weighted by Gasteiger charge is -2.07. The molecular weight excluding hydrogens is 376 g/mol. The van der Waals surface area contributed by atoms with E-state index in [1.807, 2.05) is 35.0 Å². The third kappa shape index (κ3) is 6.22. The second kappa shape index (κ2) is 10.3. The van der Waals surface area contributed by atoms with Gasteiger partial charge in [-0.25, -0.2) is 9.97 Å². The van der Waals surface area contributed by atoms with Crippen molar-refractivity contribution in [1.82, 2.24) is 9.97 Å². The summed E-state index contributed by atoms with van der Waals surface area (Å²) < 4.78 is 5.82. The Morgan fingerprint density at radius 3 is 2.37 bits per heavy atom.